The van der Waals surface area contributed by atoms with Crippen LogP contribution in [0.3, 0.4) is 0 Å². The number of alkyl carbamates (subject to hydrolysis) is 1. The lowest BCUT2D eigenvalue weighted by atomic mass is 9.73. The van der Waals surface area contributed by atoms with Crippen molar-refractivity contribution in [3.8, 4) is 0 Å². The van der Waals surface area contributed by atoms with E-state index in [4.69, 9.17) is 4.74 Å². The maximum Gasteiger partial charge on any atom is 0.407 e. The zero-order chi connectivity index (χ0) is 13.1. The number of carbonyl (C=O) groups excluding carboxylic acids is 2. The van der Waals surface area contributed by atoms with Crippen LogP contribution in [0.25, 0.3) is 0 Å². The van der Waals surface area contributed by atoms with Gasteiger partial charge in [0, 0.05) is 6.54 Å². The summed E-state index contributed by atoms with van der Waals surface area (Å²) in [6.07, 6.45) is 1.34. The fourth-order valence-corrected chi connectivity index (χ4v) is 1.80. The van der Waals surface area contributed by atoms with Crippen LogP contribution in [0.1, 0.15) is 33.6 Å². The van der Waals surface area contributed by atoms with Crippen molar-refractivity contribution in [2.75, 3.05) is 13.7 Å². The summed E-state index contributed by atoms with van der Waals surface area (Å²) in [5, 5.41) is 2.68. The van der Waals surface area contributed by atoms with Crippen molar-refractivity contribution in [2.24, 2.45) is 11.8 Å². The predicted molar refractivity (Wildman–Crippen MR) is 62.5 cm³/mol. The number of carbonyl (C=O) groups is 2. The van der Waals surface area contributed by atoms with E-state index in [-0.39, 0.29) is 17.8 Å². The molecule has 0 heterocycles. The molecule has 1 saturated carbocycles. The predicted octanol–water partition coefficient (Wildman–Crippen LogP) is 1.71. The van der Waals surface area contributed by atoms with Crippen LogP contribution < -0.4 is 5.32 Å². The number of amides is 1. The van der Waals surface area contributed by atoms with E-state index in [1.54, 1.807) is 0 Å². The van der Waals surface area contributed by atoms with Crippen molar-refractivity contribution in [2.45, 2.75) is 39.2 Å². The Morgan fingerprint density at radius 1 is 1.29 bits per heavy atom. The minimum atomic E-state index is -0.495. The first-order valence-electron chi connectivity index (χ1n) is 5.88. The van der Waals surface area contributed by atoms with Gasteiger partial charge >= 0.3 is 12.1 Å². The minimum absolute atomic E-state index is 0.0741. The maximum atomic E-state index is 11.4. The Hall–Kier alpha value is -1.26. The quantitative estimate of drug-likeness (QED) is 0.766. The van der Waals surface area contributed by atoms with Crippen LogP contribution in [0.2, 0.25) is 0 Å². The van der Waals surface area contributed by atoms with Gasteiger partial charge in [-0.3, -0.25) is 4.79 Å². The lowest BCUT2D eigenvalue weighted by Crippen LogP contribution is -2.43. The molecule has 1 N–H and O–H groups in total. The molecule has 5 nitrogen and oxygen atoms in total. The van der Waals surface area contributed by atoms with Crippen molar-refractivity contribution in [1.82, 2.24) is 5.32 Å². The van der Waals surface area contributed by atoms with E-state index in [0.717, 1.165) is 12.8 Å². The molecule has 0 spiro atoms. The highest BCUT2D eigenvalue weighted by Gasteiger charge is 2.37. The molecule has 98 valence electrons. The standard InChI is InChI=1S/C12H21NO4/c1-12(2,3)17-11(15)13-7-8-5-6-9(8)10(14)16-4/h8-9H,5-7H2,1-4H3,(H,13,15)/t8-,9+/m1/s1. The molecule has 1 aliphatic carbocycles. The summed E-state index contributed by atoms with van der Waals surface area (Å²) >= 11 is 0. The molecule has 1 fully saturated rings. The van der Waals surface area contributed by atoms with Crippen molar-refractivity contribution in [1.29, 1.82) is 0 Å². The molecule has 2 atom stereocenters. The molecule has 17 heavy (non-hydrogen) atoms. The summed E-state index contributed by atoms with van der Waals surface area (Å²) in [5.74, 6) is -0.0860. The van der Waals surface area contributed by atoms with E-state index in [1.807, 2.05) is 20.8 Å². The molecule has 0 bridgehead atoms. The molecule has 1 amide bonds. The van der Waals surface area contributed by atoms with Crippen molar-refractivity contribution < 1.29 is 19.1 Å². The summed E-state index contributed by atoms with van der Waals surface area (Å²) in [6, 6.07) is 0. The highest BCUT2D eigenvalue weighted by molar-refractivity contribution is 5.74. The summed E-state index contributed by atoms with van der Waals surface area (Å²) < 4.78 is 9.80. The zero-order valence-corrected chi connectivity index (χ0v) is 10.9. The number of hydrogen-bond donors (Lipinski definition) is 1. The molecule has 5 heteroatoms. The van der Waals surface area contributed by atoms with Crippen molar-refractivity contribution >= 4 is 12.1 Å². The number of rotatable bonds is 3. The van der Waals surface area contributed by atoms with Gasteiger partial charge in [-0.15, -0.1) is 0 Å². The lowest BCUT2D eigenvalue weighted by Gasteiger charge is -2.34. The Labute approximate surface area is 102 Å². The fourth-order valence-electron chi connectivity index (χ4n) is 1.80. The number of hydrogen-bond acceptors (Lipinski definition) is 4. The summed E-state index contributed by atoms with van der Waals surface area (Å²) in [7, 11) is 1.39. The zero-order valence-electron chi connectivity index (χ0n) is 10.9. The maximum absolute atomic E-state index is 11.4. The topological polar surface area (TPSA) is 64.6 Å². The first-order valence-corrected chi connectivity index (χ1v) is 5.88. The Kier molecular flexibility index (Phi) is 4.37. The van der Waals surface area contributed by atoms with Gasteiger partial charge < -0.3 is 14.8 Å². The van der Waals surface area contributed by atoms with E-state index in [9.17, 15) is 9.59 Å². The number of esters is 1. The van der Waals surface area contributed by atoms with Crippen molar-refractivity contribution in [3.05, 3.63) is 0 Å². The number of methoxy groups -OCH3 is 1. The Morgan fingerprint density at radius 3 is 2.35 bits per heavy atom. The molecule has 0 saturated heterocycles. The van der Waals surface area contributed by atoms with Crippen LogP contribution >= 0.6 is 0 Å². The van der Waals surface area contributed by atoms with Crippen LogP contribution in [-0.4, -0.2) is 31.3 Å². The Bertz CT molecular complexity index is 295. The molecular formula is C12H21NO4. The molecule has 0 radical (unpaired) electrons. The molecule has 0 unspecified atom stereocenters. The van der Waals surface area contributed by atoms with Crippen LogP contribution in [0.4, 0.5) is 4.79 Å². The molecule has 0 aromatic carbocycles. The average molecular weight is 243 g/mol. The van der Waals surface area contributed by atoms with Gasteiger partial charge in [0.1, 0.15) is 5.60 Å². The third kappa shape index (κ3) is 4.24. The molecule has 0 aromatic heterocycles. The van der Waals surface area contributed by atoms with Gasteiger partial charge in [0.25, 0.3) is 0 Å². The monoisotopic (exact) mass is 243 g/mol. The Balaban J connectivity index is 2.27. The van der Waals surface area contributed by atoms with Gasteiger partial charge in [-0.2, -0.15) is 0 Å². The van der Waals surface area contributed by atoms with Crippen molar-refractivity contribution in [3.63, 3.8) is 0 Å². The van der Waals surface area contributed by atoms with Crippen LogP contribution in [0.5, 0.6) is 0 Å². The van der Waals surface area contributed by atoms with Gasteiger partial charge in [0.05, 0.1) is 13.0 Å². The molecule has 1 aliphatic rings. The Morgan fingerprint density at radius 2 is 1.94 bits per heavy atom. The average Bonchev–Trinajstić information content (AvgIpc) is 2.13. The second-order valence-electron chi connectivity index (χ2n) is 5.35. The van der Waals surface area contributed by atoms with Gasteiger partial charge in [-0.1, -0.05) is 0 Å². The van der Waals surface area contributed by atoms with Crippen LogP contribution in [0.15, 0.2) is 0 Å². The number of nitrogens with one attached hydrogen (secondary N) is 1. The summed E-state index contributed by atoms with van der Waals surface area (Å²) in [5.41, 5.74) is -0.495. The second kappa shape index (κ2) is 5.38. The van der Waals surface area contributed by atoms with Gasteiger partial charge in [0.2, 0.25) is 0 Å². The fraction of sp³-hybridized carbons (Fsp3) is 0.833. The third-order valence-electron chi connectivity index (χ3n) is 2.83. The van der Waals surface area contributed by atoms with Crippen LogP contribution in [-0.2, 0) is 14.3 Å². The van der Waals surface area contributed by atoms with Gasteiger partial charge in [-0.25, -0.2) is 4.79 Å². The molecule has 0 aliphatic heterocycles. The smallest absolute Gasteiger partial charge is 0.407 e. The second-order valence-corrected chi connectivity index (χ2v) is 5.35. The van der Waals surface area contributed by atoms with Crippen LogP contribution in [0, 0.1) is 11.8 Å². The molecule has 1 rings (SSSR count). The van der Waals surface area contributed by atoms with E-state index >= 15 is 0 Å². The van der Waals surface area contributed by atoms with E-state index in [0.29, 0.717) is 6.54 Å². The largest absolute Gasteiger partial charge is 0.469 e. The highest BCUT2D eigenvalue weighted by atomic mass is 16.6. The normalized spacial score (nSPS) is 23.5. The summed E-state index contributed by atoms with van der Waals surface area (Å²) in [4.78, 5) is 22.7. The molecular weight excluding hydrogens is 222 g/mol. The number of ether oxygens (including phenoxy) is 2. The third-order valence-corrected chi connectivity index (χ3v) is 2.83. The highest BCUT2D eigenvalue weighted by Crippen LogP contribution is 2.34. The van der Waals surface area contributed by atoms with Gasteiger partial charge in [0.15, 0.2) is 0 Å². The van der Waals surface area contributed by atoms with E-state index in [2.05, 4.69) is 10.1 Å². The summed E-state index contributed by atoms with van der Waals surface area (Å²) in [6.45, 7) is 5.90. The van der Waals surface area contributed by atoms with Gasteiger partial charge in [-0.05, 0) is 39.5 Å². The SMILES string of the molecule is COC(=O)[C@H]1CC[C@@H]1CNC(=O)OC(C)(C)C. The lowest BCUT2D eigenvalue weighted by molar-refractivity contribution is -0.151. The van der Waals surface area contributed by atoms with E-state index in [1.165, 1.54) is 7.11 Å². The minimum Gasteiger partial charge on any atom is -0.469 e. The molecule has 0 aromatic rings. The van der Waals surface area contributed by atoms with E-state index < -0.39 is 11.7 Å². The first kappa shape index (κ1) is 13.8. The first-order chi connectivity index (χ1) is 7.83.